The Bertz CT molecular complexity index is 718. The molecule has 4 nitrogen and oxygen atoms in total. The summed E-state index contributed by atoms with van der Waals surface area (Å²) in [7, 11) is 0. The average Bonchev–Trinajstić information content (AvgIpc) is 2.78. The first-order valence-corrected chi connectivity index (χ1v) is 6.55. The minimum atomic E-state index is 0.325. The van der Waals surface area contributed by atoms with Crippen LogP contribution >= 0.6 is 0 Å². The molecule has 0 aliphatic rings. The van der Waals surface area contributed by atoms with Gasteiger partial charge in [0, 0.05) is 11.4 Å². The van der Waals surface area contributed by atoms with E-state index in [1.54, 1.807) is 6.33 Å². The van der Waals surface area contributed by atoms with Crippen LogP contribution in [-0.4, -0.2) is 16.0 Å². The van der Waals surface area contributed by atoms with Gasteiger partial charge in [0.25, 0.3) is 0 Å². The van der Waals surface area contributed by atoms with Crippen LogP contribution in [0.1, 0.15) is 20.8 Å². The van der Waals surface area contributed by atoms with Gasteiger partial charge in [-0.1, -0.05) is 26.0 Å². The predicted molar refractivity (Wildman–Crippen MR) is 77.2 cm³/mol. The second-order valence-corrected chi connectivity index (χ2v) is 5.18. The second-order valence-electron chi connectivity index (χ2n) is 5.18. The summed E-state index contributed by atoms with van der Waals surface area (Å²) >= 11 is 0. The van der Waals surface area contributed by atoms with Gasteiger partial charge in [-0.15, -0.1) is 0 Å². The fraction of sp³-hybridized carbons (Fsp3) is 0.333. The summed E-state index contributed by atoms with van der Waals surface area (Å²) in [6.07, 6.45) is 1.58. The van der Waals surface area contributed by atoms with Crippen LogP contribution < -0.4 is 5.32 Å². The SMILES string of the molecule is CC(C)C(C)Nc1ncnc2c1oc1ccccc12. The highest BCUT2D eigenvalue weighted by Gasteiger charge is 2.15. The summed E-state index contributed by atoms with van der Waals surface area (Å²) in [5, 5.41) is 4.43. The molecule has 98 valence electrons. The smallest absolute Gasteiger partial charge is 0.196 e. The molecule has 2 aromatic heterocycles. The molecule has 0 aliphatic heterocycles. The van der Waals surface area contributed by atoms with Gasteiger partial charge < -0.3 is 9.73 Å². The molecular weight excluding hydrogens is 238 g/mol. The van der Waals surface area contributed by atoms with Crippen LogP contribution in [0, 0.1) is 5.92 Å². The van der Waals surface area contributed by atoms with Gasteiger partial charge in [0.1, 0.15) is 17.4 Å². The maximum Gasteiger partial charge on any atom is 0.196 e. The molecule has 4 heteroatoms. The van der Waals surface area contributed by atoms with Crippen molar-refractivity contribution >= 4 is 27.9 Å². The fourth-order valence-corrected chi connectivity index (χ4v) is 2.01. The van der Waals surface area contributed by atoms with Crippen molar-refractivity contribution in [3.05, 3.63) is 30.6 Å². The van der Waals surface area contributed by atoms with E-state index in [0.717, 1.165) is 27.9 Å². The number of hydrogen-bond acceptors (Lipinski definition) is 4. The van der Waals surface area contributed by atoms with Crippen LogP contribution in [0.25, 0.3) is 22.1 Å². The maximum atomic E-state index is 5.88. The molecular formula is C15H17N3O. The summed E-state index contributed by atoms with van der Waals surface area (Å²) in [4.78, 5) is 8.65. The molecule has 0 aliphatic carbocycles. The summed E-state index contributed by atoms with van der Waals surface area (Å²) in [5.74, 6) is 1.29. The minimum Gasteiger partial charge on any atom is -0.450 e. The van der Waals surface area contributed by atoms with Crippen molar-refractivity contribution in [1.29, 1.82) is 0 Å². The Balaban J connectivity index is 2.15. The number of furan rings is 1. The number of nitrogens with zero attached hydrogens (tertiary/aromatic N) is 2. The molecule has 1 N–H and O–H groups in total. The van der Waals surface area contributed by atoms with Gasteiger partial charge >= 0.3 is 0 Å². The van der Waals surface area contributed by atoms with Crippen molar-refractivity contribution in [3.8, 4) is 0 Å². The van der Waals surface area contributed by atoms with Gasteiger partial charge in [0.2, 0.25) is 0 Å². The molecule has 3 aromatic rings. The van der Waals surface area contributed by atoms with Gasteiger partial charge in [0.15, 0.2) is 11.4 Å². The third kappa shape index (κ3) is 2.03. The molecule has 3 rings (SSSR count). The van der Waals surface area contributed by atoms with E-state index in [0.29, 0.717) is 12.0 Å². The Labute approximate surface area is 111 Å². The zero-order chi connectivity index (χ0) is 13.4. The van der Waals surface area contributed by atoms with E-state index in [-0.39, 0.29) is 0 Å². The van der Waals surface area contributed by atoms with Crippen molar-refractivity contribution in [3.63, 3.8) is 0 Å². The molecule has 0 spiro atoms. The third-order valence-corrected chi connectivity index (χ3v) is 3.52. The lowest BCUT2D eigenvalue weighted by molar-refractivity contribution is 0.557. The zero-order valence-electron chi connectivity index (χ0n) is 11.3. The Morgan fingerprint density at radius 2 is 1.89 bits per heavy atom. The Morgan fingerprint density at radius 1 is 1.11 bits per heavy atom. The first-order chi connectivity index (χ1) is 9.16. The quantitative estimate of drug-likeness (QED) is 0.772. The number of nitrogens with one attached hydrogen (secondary N) is 1. The molecule has 0 fully saturated rings. The van der Waals surface area contributed by atoms with E-state index in [2.05, 4.69) is 36.1 Å². The number of para-hydroxylation sites is 1. The molecule has 0 saturated heterocycles. The van der Waals surface area contributed by atoms with Crippen molar-refractivity contribution in [2.75, 3.05) is 5.32 Å². The molecule has 19 heavy (non-hydrogen) atoms. The van der Waals surface area contributed by atoms with E-state index in [1.807, 2.05) is 24.3 Å². The predicted octanol–water partition coefficient (Wildman–Crippen LogP) is 3.83. The number of aromatic nitrogens is 2. The van der Waals surface area contributed by atoms with Crippen LogP contribution in [0.4, 0.5) is 5.82 Å². The van der Waals surface area contributed by atoms with Crippen LogP contribution in [-0.2, 0) is 0 Å². The summed E-state index contributed by atoms with van der Waals surface area (Å²) < 4.78 is 5.88. The monoisotopic (exact) mass is 255 g/mol. The van der Waals surface area contributed by atoms with Gasteiger partial charge in [-0.2, -0.15) is 0 Å². The number of fused-ring (bicyclic) bond motifs is 3. The Morgan fingerprint density at radius 3 is 2.68 bits per heavy atom. The molecule has 0 amide bonds. The Hall–Kier alpha value is -2.10. The van der Waals surface area contributed by atoms with Gasteiger partial charge in [0.05, 0.1) is 0 Å². The largest absolute Gasteiger partial charge is 0.450 e. The second kappa shape index (κ2) is 4.53. The zero-order valence-corrected chi connectivity index (χ0v) is 11.3. The summed E-state index contributed by atoms with van der Waals surface area (Å²) in [6.45, 7) is 6.49. The van der Waals surface area contributed by atoms with Crippen molar-refractivity contribution < 1.29 is 4.42 Å². The van der Waals surface area contributed by atoms with Crippen LogP contribution in [0.15, 0.2) is 35.0 Å². The highest BCUT2D eigenvalue weighted by molar-refractivity contribution is 6.05. The molecule has 0 saturated carbocycles. The molecule has 0 radical (unpaired) electrons. The summed E-state index contributed by atoms with van der Waals surface area (Å²) in [6, 6.07) is 8.24. The van der Waals surface area contributed by atoms with E-state index >= 15 is 0 Å². The average molecular weight is 255 g/mol. The molecule has 2 heterocycles. The van der Waals surface area contributed by atoms with Crippen LogP contribution in [0.5, 0.6) is 0 Å². The van der Waals surface area contributed by atoms with Gasteiger partial charge in [-0.05, 0) is 25.0 Å². The highest BCUT2D eigenvalue weighted by atomic mass is 16.3. The van der Waals surface area contributed by atoms with E-state index in [9.17, 15) is 0 Å². The van der Waals surface area contributed by atoms with E-state index in [1.165, 1.54) is 0 Å². The highest BCUT2D eigenvalue weighted by Crippen LogP contribution is 2.30. The van der Waals surface area contributed by atoms with E-state index < -0.39 is 0 Å². The Kier molecular flexibility index (Phi) is 2.85. The first-order valence-electron chi connectivity index (χ1n) is 6.55. The molecule has 1 unspecified atom stereocenters. The number of hydrogen-bond donors (Lipinski definition) is 1. The number of benzene rings is 1. The lowest BCUT2D eigenvalue weighted by Gasteiger charge is -2.17. The lowest BCUT2D eigenvalue weighted by atomic mass is 10.1. The first kappa shape index (κ1) is 12.0. The molecule has 1 atom stereocenters. The standard InChI is InChI=1S/C15H17N3O/c1-9(2)10(3)18-15-14-13(16-8-17-15)11-6-4-5-7-12(11)19-14/h4-10H,1-3H3,(H,16,17,18). The van der Waals surface area contributed by atoms with Crippen molar-refractivity contribution in [2.24, 2.45) is 5.92 Å². The topological polar surface area (TPSA) is 51.0 Å². The van der Waals surface area contributed by atoms with Crippen LogP contribution in [0.3, 0.4) is 0 Å². The van der Waals surface area contributed by atoms with Gasteiger partial charge in [-0.25, -0.2) is 9.97 Å². The summed E-state index contributed by atoms with van der Waals surface area (Å²) in [5.41, 5.74) is 2.44. The van der Waals surface area contributed by atoms with Crippen LogP contribution in [0.2, 0.25) is 0 Å². The molecule has 0 bridgehead atoms. The normalized spacial score (nSPS) is 13.3. The van der Waals surface area contributed by atoms with Crippen molar-refractivity contribution in [1.82, 2.24) is 9.97 Å². The number of rotatable bonds is 3. The minimum absolute atomic E-state index is 0.325. The lowest BCUT2D eigenvalue weighted by Crippen LogP contribution is -2.22. The number of anilines is 1. The van der Waals surface area contributed by atoms with E-state index in [4.69, 9.17) is 4.42 Å². The third-order valence-electron chi connectivity index (χ3n) is 3.52. The fourth-order valence-electron chi connectivity index (χ4n) is 2.01. The maximum absolute atomic E-state index is 5.88. The molecule has 1 aromatic carbocycles. The van der Waals surface area contributed by atoms with Gasteiger partial charge in [-0.3, -0.25) is 0 Å². The van der Waals surface area contributed by atoms with Crippen molar-refractivity contribution in [2.45, 2.75) is 26.8 Å².